The third-order valence-electron chi connectivity index (χ3n) is 2.26. The number of halogens is 2. The van der Waals surface area contributed by atoms with E-state index in [0.29, 0.717) is 0 Å². The summed E-state index contributed by atoms with van der Waals surface area (Å²) in [7, 11) is -8.33. The van der Waals surface area contributed by atoms with Gasteiger partial charge in [-0.3, -0.25) is 0 Å². The number of hydrogen-bond acceptors (Lipinski definition) is 4. The van der Waals surface area contributed by atoms with Crippen LogP contribution in [-0.2, 0) is 20.0 Å². The predicted molar refractivity (Wildman–Crippen MR) is 73.5 cm³/mol. The second kappa shape index (κ2) is 5.39. The van der Waals surface area contributed by atoms with Crippen molar-refractivity contribution in [2.45, 2.75) is 16.7 Å². The fraction of sp³-hybridized carbons (Fsp3) is 0.111. The van der Waals surface area contributed by atoms with Crippen molar-refractivity contribution in [3.8, 4) is 0 Å². The molecule has 6 nitrogen and oxygen atoms in total. The fourth-order valence-corrected chi connectivity index (χ4v) is 3.33. The molecule has 0 unspecified atom stereocenters. The van der Waals surface area contributed by atoms with Gasteiger partial charge in [0, 0.05) is 5.56 Å². The summed E-state index contributed by atoms with van der Waals surface area (Å²) in [5, 5.41) is 10.1. The molecule has 19 heavy (non-hydrogen) atoms. The van der Waals surface area contributed by atoms with E-state index < -0.39 is 29.8 Å². The highest BCUT2D eigenvalue weighted by molar-refractivity contribution is 7.90. The summed E-state index contributed by atoms with van der Waals surface area (Å²) in [5.41, 5.74) is -0.190. The van der Waals surface area contributed by atoms with Crippen LogP contribution in [0.4, 0.5) is 0 Å². The molecule has 0 aliphatic heterocycles. The Morgan fingerprint density at radius 3 is 1.63 bits per heavy atom. The SMILES string of the molecule is CC(=C(Cl)Cl)c1c(S(N)(=O)=O)cccc1S(N)(=O)=O. The predicted octanol–water partition coefficient (Wildman–Crippen LogP) is 1.15. The second-order valence-corrected chi connectivity index (χ2v) is 7.61. The van der Waals surface area contributed by atoms with E-state index in [9.17, 15) is 16.8 Å². The highest BCUT2D eigenvalue weighted by Crippen LogP contribution is 2.33. The molecule has 4 N–H and O–H groups in total. The molecule has 0 aliphatic carbocycles. The summed E-state index contributed by atoms with van der Waals surface area (Å²) in [6, 6.07) is 3.48. The standard InChI is InChI=1S/C9H10Cl2N2O4S2/c1-5(9(10)11)8-6(18(12,14)15)3-2-4-7(8)19(13,16)17/h2-4H,1H3,(H2,12,14,15)(H2,13,16,17). The van der Waals surface area contributed by atoms with Gasteiger partial charge in [0.25, 0.3) is 0 Å². The molecule has 0 saturated heterocycles. The maximum absolute atomic E-state index is 11.5. The molecule has 0 saturated carbocycles. The molecule has 1 aromatic carbocycles. The normalized spacial score (nSPS) is 12.3. The molecule has 0 amide bonds. The minimum Gasteiger partial charge on any atom is -0.225 e. The van der Waals surface area contributed by atoms with E-state index in [2.05, 4.69) is 0 Å². The van der Waals surface area contributed by atoms with Crippen molar-refractivity contribution < 1.29 is 16.8 Å². The minimum atomic E-state index is -4.17. The zero-order valence-electron chi connectivity index (χ0n) is 9.59. The lowest BCUT2D eigenvalue weighted by atomic mass is 10.1. The maximum atomic E-state index is 11.5. The topological polar surface area (TPSA) is 120 Å². The first-order chi connectivity index (χ1) is 8.46. The molecule has 0 radical (unpaired) electrons. The van der Waals surface area contributed by atoms with Gasteiger partial charge in [-0.25, -0.2) is 27.1 Å². The molecule has 10 heteroatoms. The highest BCUT2D eigenvalue weighted by Gasteiger charge is 2.24. The van der Waals surface area contributed by atoms with E-state index in [1.165, 1.54) is 13.0 Å². The Bertz CT molecular complexity index is 700. The van der Waals surface area contributed by atoms with E-state index in [1.54, 1.807) is 0 Å². The van der Waals surface area contributed by atoms with Crippen LogP contribution in [0.5, 0.6) is 0 Å². The lowest BCUT2D eigenvalue weighted by molar-refractivity contribution is 0.595. The van der Waals surface area contributed by atoms with E-state index in [0.717, 1.165) is 12.1 Å². The summed E-state index contributed by atoms with van der Waals surface area (Å²) in [4.78, 5) is -0.842. The van der Waals surface area contributed by atoms with Gasteiger partial charge in [0.05, 0.1) is 9.79 Å². The van der Waals surface area contributed by atoms with Crippen molar-refractivity contribution in [1.82, 2.24) is 0 Å². The van der Waals surface area contributed by atoms with Crippen LogP contribution in [0.2, 0.25) is 0 Å². The van der Waals surface area contributed by atoms with Gasteiger partial charge in [0.15, 0.2) is 0 Å². The molecule has 0 aliphatic rings. The number of rotatable bonds is 3. The highest BCUT2D eigenvalue weighted by atomic mass is 35.5. The van der Waals surface area contributed by atoms with Crippen molar-refractivity contribution in [3.63, 3.8) is 0 Å². The van der Waals surface area contributed by atoms with Crippen LogP contribution < -0.4 is 10.3 Å². The quantitative estimate of drug-likeness (QED) is 0.853. The van der Waals surface area contributed by atoms with E-state index in [-0.39, 0.29) is 15.6 Å². The summed E-state index contributed by atoms with van der Waals surface area (Å²) in [6.45, 7) is 1.36. The van der Waals surface area contributed by atoms with Crippen LogP contribution in [-0.4, -0.2) is 16.8 Å². The van der Waals surface area contributed by atoms with Crippen LogP contribution >= 0.6 is 23.2 Å². The number of allylic oxidation sites excluding steroid dienone is 1. The molecular weight excluding hydrogens is 335 g/mol. The summed E-state index contributed by atoms with van der Waals surface area (Å²) in [5.74, 6) is 0. The Labute approximate surface area is 121 Å². The zero-order chi connectivity index (χ0) is 15.0. The van der Waals surface area contributed by atoms with Gasteiger partial charge in [0.2, 0.25) is 20.0 Å². The van der Waals surface area contributed by atoms with Crippen molar-refractivity contribution in [2.24, 2.45) is 10.3 Å². The van der Waals surface area contributed by atoms with Gasteiger partial charge in [-0.2, -0.15) is 0 Å². The average Bonchev–Trinajstić information content (AvgIpc) is 2.24. The first kappa shape index (κ1) is 16.4. The lowest BCUT2D eigenvalue weighted by Crippen LogP contribution is -2.19. The molecule has 106 valence electrons. The van der Waals surface area contributed by atoms with Crippen LogP contribution in [0.15, 0.2) is 32.5 Å². The van der Waals surface area contributed by atoms with Gasteiger partial charge < -0.3 is 0 Å². The van der Waals surface area contributed by atoms with Crippen molar-refractivity contribution >= 4 is 48.8 Å². The zero-order valence-corrected chi connectivity index (χ0v) is 12.7. The van der Waals surface area contributed by atoms with Crippen LogP contribution in [0.1, 0.15) is 12.5 Å². The van der Waals surface area contributed by atoms with Crippen LogP contribution in [0.25, 0.3) is 5.57 Å². The number of hydrogen-bond donors (Lipinski definition) is 2. The van der Waals surface area contributed by atoms with E-state index in [4.69, 9.17) is 33.5 Å². The number of sulfonamides is 2. The Balaban J connectivity index is 3.98. The summed E-state index contributed by atoms with van der Waals surface area (Å²) >= 11 is 11.2. The molecule has 1 rings (SSSR count). The van der Waals surface area contributed by atoms with Gasteiger partial charge in [-0.1, -0.05) is 29.3 Å². The Morgan fingerprint density at radius 2 is 1.37 bits per heavy atom. The second-order valence-electron chi connectivity index (χ2n) is 3.60. The number of nitrogens with two attached hydrogens (primary N) is 2. The third-order valence-corrected chi connectivity index (χ3v) is 4.73. The number of primary sulfonamides is 2. The molecule has 0 fully saturated rings. The molecule has 1 aromatic rings. The number of benzene rings is 1. The monoisotopic (exact) mass is 344 g/mol. The van der Waals surface area contributed by atoms with Gasteiger partial charge in [-0.15, -0.1) is 0 Å². The van der Waals surface area contributed by atoms with Gasteiger partial charge >= 0.3 is 0 Å². The van der Waals surface area contributed by atoms with E-state index in [1.807, 2.05) is 0 Å². The first-order valence-electron chi connectivity index (χ1n) is 4.67. The van der Waals surface area contributed by atoms with Crippen molar-refractivity contribution in [3.05, 3.63) is 28.3 Å². The summed E-state index contributed by atoms with van der Waals surface area (Å²) < 4.78 is 45.7. The molecule has 0 atom stereocenters. The van der Waals surface area contributed by atoms with Crippen LogP contribution in [0.3, 0.4) is 0 Å². The third kappa shape index (κ3) is 3.68. The Hall–Kier alpha value is -0.640. The van der Waals surface area contributed by atoms with Crippen LogP contribution in [0, 0.1) is 0 Å². The van der Waals surface area contributed by atoms with Gasteiger partial charge in [-0.05, 0) is 24.6 Å². The average molecular weight is 345 g/mol. The molecule has 0 bridgehead atoms. The largest absolute Gasteiger partial charge is 0.238 e. The summed E-state index contributed by atoms with van der Waals surface area (Å²) in [6.07, 6.45) is 0. The molecule has 0 aromatic heterocycles. The van der Waals surface area contributed by atoms with Gasteiger partial charge in [0.1, 0.15) is 4.49 Å². The molecule has 0 spiro atoms. The minimum absolute atomic E-state index is 0.0389. The Morgan fingerprint density at radius 1 is 1.00 bits per heavy atom. The van der Waals surface area contributed by atoms with Crippen molar-refractivity contribution in [2.75, 3.05) is 0 Å². The Kier molecular flexibility index (Phi) is 4.66. The first-order valence-corrected chi connectivity index (χ1v) is 8.52. The van der Waals surface area contributed by atoms with E-state index >= 15 is 0 Å². The molecule has 0 heterocycles. The smallest absolute Gasteiger partial charge is 0.225 e. The molecular formula is C9H10Cl2N2O4S2. The maximum Gasteiger partial charge on any atom is 0.238 e. The van der Waals surface area contributed by atoms with Crippen molar-refractivity contribution in [1.29, 1.82) is 0 Å². The lowest BCUT2D eigenvalue weighted by Gasteiger charge is -2.12. The fourth-order valence-electron chi connectivity index (χ4n) is 1.45.